The molecule has 2 aromatic rings. The fourth-order valence-corrected chi connectivity index (χ4v) is 3.31. The van der Waals surface area contributed by atoms with Gasteiger partial charge in [0.25, 0.3) is 0 Å². The van der Waals surface area contributed by atoms with Gasteiger partial charge in [-0.05, 0) is 49.2 Å². The van der Waals surface area contributed by atoms with Crippen molar-refractivity contribution in [3.63, 3.8) is 0 Å². The molecule has 96 valence electrons. The van der Waals surface area contributed by atoms with E-state index in [2.05, 4.69) is 65.4 Å². The second kappa shape index (κ2) is 6.50. The van der Waals surface area contributed by atoms with Gasteiger partial charge in [0.05, 0.1) is 0 Å². The Kier molecular flexibility index (Phi) is 4.98. The van der Waals surface area contributed by atoms with Gasteiger partial charge >= 0.3 is 0 Å². The monoisotopic (exact) mass is 323 g/mol. The highest BCUT2D eigenvalue weighted by atomic mass is 79.9. The standard InChI is InChI=1S/C15H18BrNS/c1-3-9-17-10-12-7-8-15(18-12)13-5-4-6-14(16)11(13)2/h4-8,17H,3,9-10H2,1-2H3. The van der Waals surface area contributed by atoms with Gasteiger partial charge in [0.2, 0.25) is 0 Å². The summed E-state index contributed by atoms with van der Waals surface area (Å²) in [6, 6.07) is 10.8. The molecule has 3 heteroatoms. The van der Waals surface area contributed by atoms with Crippen molar-refractivity contribution in [2.45, 2.75) is 26.8 Å². The number of nitrogens with one attached hydrogen (secondary N) is 1. The van der Waals surface area contributed by atoms with Crippen LogP contribution in [0.3, 0.4) is 0 Å². The molecule has 1 N–H and O–H groups in total. The molecule has 1 aromatic heterocycles. The molecule has 0 saturated carbocycles. The summed E-state index contributed by atoms with van der Waals surface area (Å²) in [7, 11) is 0. The number of hydrogen-bond acceptors (Lipinski definition) is 2. The van der Waals surface area contributed by atoms with Crippen molar-refractivity contribution >= 4 is 27.3 Å². The van der Waals surface area contributed by atoms with Crippen LogP contribution < -0.4 is 5.32 Å². The maximum atomic E-state index is 3.59. The van der Waals surface area contributed by atoms with Gasteiger partial charge in [-0.25, -0.2) is 0 Å². The predicted octanol–water partition coefficient (Wildman–Crippen LogP) is 4.99. The molecule has 1 aromatic carbocycles. The third-order valence-corrected chi connectivity index (χ3v) is 4.90. The van der Waals surface area contributed by atoms with E-state index in [4.69, 9.17) is 0 Å². The minimum absolute atomic E-state index is 0.978. The summed E-state index contributed by atoms with van der Waals surface area (Å²) in [4.78, 5) is 2.75. The van der Waals surface area contributed by atoms with Gasteiger partial charge in [0.15, 0.2) is 0 Å². The summed E-state index contributed by atoms with van der Waals surface area (Å²) in [6.45, 7) is 6.42. The zero-order valence-corrected chi connectivity index (χ0v) is 13.2. The highest BCUT2D eigenvalue weighted by molar-refractivity contribution is 9.10. The number of benzene rings is 1. The molecule has 0 aliphatic rings. The van der Waals surface area contributed by atoms with Crippen molar-refractivity contribution in [2.24, 2.45) is 0 Å². The molecule has 0 unspecified atom stereocenters. The Morgan fingerprint density at radius 1 is 1.22 bits per heavy atom. The highest BCUT2D eigenvalue weighted by Crippen LogP contribution is 2.33. The van der Waals surface area contributed by atoms with Crippen LogP contribution in [0.4, 0.5) is 0 Å². The first-order chi connectivity index (χ1) is 8.72. The van der Waals surface area contributed by atoms with Gasteiger partial charge in [0.1, 0.15) is 0 Å². The van der Waals surface area contributed by atoms with Crippen molar-refractivity contribution in [2.75, 3.05) is 6.54 Å². The van der Waals surface area contributed by atoms with Gasteiger partial charge < -0.3 is 5.32 Å². The third-order valence-electron chi connectivity index (χ3n) is 2.92. The van der Waals surface area contributed by atoms with Crippen LogP contribution in [0, 0.1) is 6.92 Å². The Morgan fingerprint density at radius 3 is 2.83 bits per heavy atom. The summed E-state index contributed by atoms with van der Waals surface area (Å²) >= 11 is 5.47. The first kappa shape index (κ1) is 13.8. The van der Waals surface area contributed by atoms with Gasteiger partial charge in [-0.3, -0.25) is 0 Å². The molecule has 0 bridgehead atoms. The number of halogens is 1. The normalized spacial score (nSPS) is 10.8. The van der Waals surface area contributed by atoms with E-state index < -0.39 is 0 Å². The fraction of sp³-hybridized carbons (Fsp3) is 0.333. The summed E-state index contributed by atoms with van der Waals surface area (Å²) in [5, 5.41) is 3.44. The average molecular weight is 324 g/mol. The molecule has 0 radical (unpaired) electrons. The van der Waals surface area contributed by atoms with E-state index in [9.17, 15) is 0 Å². The Bertz CT molecular complexity index is 519. The largest absolute Gasteiger partial charge is 0.312 e. The maximum Gasteiger partial charge on any atom is 0.0349 e. The zero-order chi connectivity index (χ0) is 13.0. The second-order valence-electron chi connectivity index (χ2n) is 4.36. The maximum absolute atomic E-state index is 3.59. The quantitative estimate of drug-likeness (QED) is 0.764. The summed E-state index contributed by atoms with van der Waals surface area (Å²) in [5.74, 6) is 0. The van der Waals surface area contributed by atoms with Crippen molar-refractivity contribution in [1.29, 1.82) is 0 Å². The van der Waals surface area contributed by atoms with Crippen LogP contribution in [0.1, 0.15) is 23.8 Å². The topological polar surface area (TPSA) is 12.0 Å². The number of hydrogen-bond donors (Lipinski definition) is 1. The molecule has 0 spiro atoms. The van der Waals surface area contributed by atoms with Crippen molar-refractivity contribution in [3.05, 3.63) is 45.2 Å². The Morgan fingerprint density at radius 2 is 2.06 bits per heavy atom. The van der Waals surface area contributed by atoms with Gasteiger partial charge in [-0.1, -0.05) is 35.0 Å². The molecule has 0 saturated heterocycles. The van der Waals surface area contributed by atoms with Crippen molar-refractivity contribution < 1.29 is 0 Å². The van der Waals surface area contributed by atoms with Crippen LogP contribution >= 0.6 is 27.3 Å². The van der Waals surface area contributed by atoms with E-state index in [0.29, 0.717) is 0 Å². The lowest BCUT2D eigenvalue weighted by atomic mass is 10.1. The molecule has 0 amide bonds. The lowest BCUT2D eigenvalue weighted by molar-refractivity contribution is 0.681. The third kappa shape index (κ3) is 3.22. The van der Waals surface area contributed by atoms with Crippen LogP contribution in [0.15, 0.2) is 34.8 Å². The number of thiophene rings is 1. The van der Waals surface area contributed by atoms with E-state index in [-0.39, 0.29) is 0 Å². The van der Waals surface area contributed by atoms with Crippen LogP contribution in [0.5, 0.6) is 0 Å². The van der Waals surface area contributed by atoms with E-state index in [1.165, 1.54) is 31.8 Å². The van der Waals surface area contributed by atoms with E-state index in [0.717, 1.165) is 13.1 Å². The lowest BCUT2D eigenvalue weighted by Gasteiger charge is -2.05. The average Bonchev–Trinajstić information content (AvgIpc) is 2.82. The second-order valence-corrected chi connectivity index (χ2v) is 6.38. The zero-order valence-electron chi connectivity index (χ0n) is 10.8. The van der Waals surface area contributed by atoms with Gasteiger partial charge in [0, 0.05) is 20.8 Å². The number of rotatable bonds is 5. The molecule has 0 atom stereocenters. The van der Waals surface area contributed by atoms with Gasteiger partial charge in [-0.15, -0.1) is 11.3 Å². The molecule has 0 fully saturated rings. The lowest BCUT2D eigenvalue weighted by Crippen LogP contribution is -2.12. The molecular formula is C15H18BrNS. The molecular weight excluding hydrogens is 306 g/mol. The molecule has 1 nitrogen and oxygen atoms in total. The Hall–Kier alpha value is -0.640. The van der Waals surface area contributed by atoms with E-state index in [1.54, 1.807) is 0 Å². The van der Waals surface area contributed by atoms with E-state index in [1.807, 2.05) is 11.3 Å². The Labute approximate surface area is 121 Å². The van der Waals surface area contributed by atoms with Crippen molar-refractivity contribution in [1.82, 2.24) is 5.32 Å². The van der Waals surface area contributed by atoms with Gasteiger partial charge in [-0.2, -0.15) is 0 Å². The smallest absolute Gasteiger partial charge is 0.0349 e. The fourth-order valence-electron chi connectivity index (χ4n) is 1.88. The Balaban J connectivity index is 2.16. The van der Waals surface area contributed by atoms with Crippen LogP contribution in [-0.4, -0.2) is 6.54 Å². The minimum atomic E-state index is 0.978. The highest BCUT2D eigenvalue weighted by Gasteiger charge is 2.07. The van der Waals surface area contributed by atoms with Crippen LogP contribution in [0.25, 0.3) is 10.4 Å². The van der Waals surface area contributed by atoms with Crippen LogP contribution in [-0.2, 0) is 6.54 Å². The summed E-state index contributed by atoms with van der Waals surface area (Å²) in [6.07, 6.45) is 1.18. The molecule has 1 heterocycles. The predicted molar refractivity (Wildman–Crippen MR) is 84.2 cm³/mol. The first-order valence-electron chi connectivity index (χ1n) is 6.27. The first-order valence-corrected chi connectivity index (χ1v) is 7.88. The van der Waals surface area contributed by atoms with Crippen molar-refractivity contribution in [3.8, 4) is 10.4 Å². The molecule has 18 heavy (non-hydrogen) atoms. The summed E-state index contributed by atoms with van der Waals surface area (Å²) in [5.41, 5.74) is 2.64. The molecule has 0 aliphatic carbocycles. The van der Waals surface area contributed by atoms with Crippen LogP contribution in [0.2, 0.25) is 0 Å². The molecule has 0 aliphatic heterocycles. The van der Waals surface area contributed by atoms with E-state index >= 15 is 0 Å². The molecule has 2 rings (SSSR count). The minimum Gasteiger partial charge on any atom is -0.312 e. The SMILES string of the molecule is CCCNCc1ccc(-c2cccc(Br)c2C)s1. The summed E-state index contributed by atoms with van der Waals surface area (Å²) < 4.78 is 1.18.